The van der Waals surface area contributed by atoms with Gasteiger partial charge in [-0.3, -0.25) is 14.4 Å². The first-order valence-electron chi connectivity index (χ1n) is 29.2. The molecule has 0 fully saturated rings. The predicted octanol–water partition coefficient (Wildman–Crippen LogP) is 19.7. The van der Waals surface area contributed by atoms with Gasteiger partial charge in [-0.15, -0.1) is 0 Å². The first kappa shape index (κ1) is 66.3. The lowest BCUT2D eigenvalue weighted by molar-refractivity contribution is -0.167. The van der Waals surface area contributed by atoms with E-state index in [1.54, 1.807) is 0 Å². The van der Waals surface area contributed by atoms with E-state index in [2.05, 4.69) is 118 Å². The molecule has 0 aliphatic carbocycles. The molecule has 70 heavy (non-hydrogen) atoms. The number of esters is 3. The van der Waals surface area contributed by atoms with Crippen molar-refractivity contribution in [2.24, 2.45) is 0 Å². The average Bonchev–Trinajstić information content (AvgIpc) is 3.36. The molecule has 0 aromatic rings. The summed E-state index contributed by atoms with van der Waals surface area (Å²) < 4.78 is 16.8. The van der Waals surface area contributed by atoms with Gasteiger partial charge in [0, 0.05) is 19.3 Å². The molecular formula is C64H108O6. The summed E-state index contributed by atoms with van der Waals surface area (Å²) in [5.41, 5.74) is 0. The molecule has 400 valence electrons. The second-order valence-electron chi connectivity index (χ2n) is 19.1. The third kappa shape index (κ3) is 55.3. The van der Waals surface area contributed by atoms with Gasteiger partial charge in [-0.25, -0.2) is 0 Å². The highest BCUT2D eigenvalue weighted by Crippen LogP contribution is 2.16. The van der Waals surface area contributed by atoms with Crippen LogP contribution in [0.25, 0.3) is 0 Å². The quantitative estimate of drug-likeness (QED) is 0.0262. The number of rotatable bonds is 52. The van der Waals surface area contributed by atoms with Crippen LogP contribution in [0.5, 0.6) is 0 Å². The van der Waals surface area contributed by atoms with Crippen molar-refractivity contribution in [2.75, 3.05) is 13.2 Å². The van der Waals surface area contributed by atoms with Crippen LogP contribution < -0.4 is 0 Å². The molecule has 0 spiro atoms. The van der Waals surface area contributed by atoms with E-state index in [1.807, 2.05) is 0 Å². The fraction of sp³-hybridized carbons (Fsp3) is 0.703. The van der Waals surface area contributed by atoms with Gasteiger partial charge in [-0.1, -0.05) is 253 Å². The van der Waals surface area contributed by atoms with Gasteiger partial charge in [0.25, 0.3) is 0 Å². The summed E-state index contributed by atoms with van der Waals surface area (Å²) >= 11 is 0. The van der Waals surface area contributed by atoms with Crippen molar-refractivity contribution in [1.29, 1.82) is 0 Å². The summed E-state index contributed by atoms with van der Waals surface area (Å²) in [6.45, 7) is 6.36. The van der Waals surface area contributed by atoms with Crippen molar-refractivity contribution in [1.82, 2.24) is 0 Å². The topological polar surface area (TPSA) is 78.9 Å². The minimum absolute atomic E-state index is 0.0868. The Kier molecular flexibility index (Phi) is 54.9. The molecule has 0 bridgehead atoms. The highest BCUT2D eigenvalue weighted by Gasteiger charge is 2.19. The molecule has 0 radical (unpaired) electrons. The SMILES string of the molecule is CC/C=C\C/C=C\C/C=C\C/C=C\C/C=C\CCCCCCCCCCCCCCCCCC(=O)OCC(COC(=O)CCCCCCCCCC)OC(=O)CCCCC/C=C\C/C=C\C/C=C\CC. The Morgan fingerprint density at radius 1 is 0.300 bits per heavy atom. The van der Waals surface area contributed by atoms with Crippen LogP contribution in [0.15, 0.2) is 97.2 Å². The predicted molar refractivity (Wildman–Crippen MR) is 302 cm³/mol. The van der Waals surface area contributed by atoms with Gasteiger partial charge in [-0.2, -0.15) is 0 Å². The monoisotopic (exact) mass is 973 g/mol. The second-order valence-corrected chi connectivity index (χ2v) is 19.1. The Hall–Kier alpha value is -3.67. The largest absolute Gasteiger partial charge is 0.462 e. The number of carbonyl (C=O) groups excluding carboxylic acids is 3. The van der Waals surface area contributed by atoms with Gasteiger partial charge in [0.15, 0.2) is 6.10 Å². The maximum atomic E-state index is 12.8. The molecule has 6 heteroatoms. The van der Waals surface area contributed by atoms with Crippen molar-refractivity contribution < 1.29 is 28.6 Å². The highest BCUT2D eigenvalue weighted by molar-refractivity contribution is 5.71. The molecule has 0 aliphatic rings. The van der Waals surface area contributed by atoms with E-state index >= 15 is 0 Å². The van der Waals surface area contributed by atoms with Crippen molar-refractivity contribution >= 4 is 17.9 Å². The summed E-state index contributed by atoms with van der Waals surface area (Å²) in [5.74, 6) is -0.918. The molecule has 0 aliphatic heterocycles. The molecule has 1 atom stereocenters. The van der Waals surface area contributed by atoms with Gasteiger partial charge in [0.05, 0.1) is 0 Å². The normalized spacial score (nSPS) is 12.8. The zero-order valence-corrected chi connectivity index (χ0v) is 45.8. The van der Waals surface area contributed by atoms with E-state index in [1.165, 1.54) is 116 Å². The number of ether oxygens (including phenoxy) is 3. The van der Waals surface area contributed by atoms with E-state index in [-0.39, 0.29) is 31.1 Å². The van der Waals surface area contributed by atoms with E-state index in [9.17, 15) is 14.4 Å². The highest BCUT2D eigenvalue weighted by atomic mass is 16.6. The van der Waals surface area contributed by atoms with E-state index < -0.39 is 6.10 Å². The van der Waals surface area contributed by atoms with Gasteiger partial charge in [0.2, 0.25) is 0 Å². The minimum Gasteiger partial charge on any atom is -0.462 e. The van der Waals surface area contributed by atoms with Crippen LogP contribution in [0.3, 0.4) is 0 Å². The summed E-state index contributed by atoms with van der Waals surface area (Å²) in [6.07, 6.45) is 77.2. The number of allylic oxidation sites excluding steroid dienone is 16. The van der Waals surface area contributed by atoms with Crippen LogP contribution in [0.4, 0.5) is 0 Å². The smallest absolute Gasteiger partial charge is 0.306 e. The van der Waals surface area contributed by atoms with Crippen LogP contribution in [-0.4, -0.2) is 37.2 Å². The summed E-state index contributed by atoms with van der Waals surface area (Å²) in [4.78, 5) is 37.9. The van der Waals surface area contributed by atoms with Gasteiger partial charge >= 0.3 is 17.9 Å². The summed E-state index contributed by atoms with van der Waals surface area (Å²) in [7, 11) is 0. The second kappa shape index (κ2) is 57.9. The summed E-state index contributed by atoms with van der Waals surface area (Å²) in [5, 5.41) is 0. The summed E-state index contributed by atoms with van der Waals surface area (Å²) in [6, 6.07) is 0. The van der Waals surface area contributed by atoms with E-state index in [0.717, 1.165) is 116 Å². The van der Waals surface area contributed by atoms with Crippen LogP contribution in [-0.2, 0) is 28.6 Å². The fourth-order valence-corrected chi connectivity index (χ4v) is 8.01. The van der Waals surface area contributed by atoms with E-state index in [4.69, 9.17) is 14.2 Å². The van der Waals surface area contributed by atoms with Crippen molar-refractivity contribution in [2.45, 2.75) is 277 Å². The van der Waals surface area contributed by atoms with Crippen molar-refractivity contribution in [3.05, 3.63) is 97.2 Å². The van der Waals surface area contributed by atoms with Gasteiger partial charge < -0.3 is 14.2 Å². The van der Waals surface area contributed by atoms with Crippen LogP contribution in [0.1, 0.15) is 271 Å². The number of unbranched alkanes of at least 4 members (excludes halogenated alkanes) is 25. The van der Waals surface area contributed by atoms with Gasteiger partial charge in [-0.05, 0) is 96.3 Å². The molecule has 6 nitrogen and oxygen atoms in total. The van der Waals surface area contributed by atoms with Crippen LogP contribution in [0, 0.1) is 0 Å². The zero-order chi connectivity index (χ0) is 50.7. The van der Waals surface area contributed by atoms with E-state index in [0.29, 0.717) is 19.3 Å². The molecule has 0 heterocycles. The molecular weight excluding hydrogens is 865 g/mol. The lowest BCUT2D eigenvalue weighted by Gasteiger charge is -2.18. The lowest BCUT2D eigenvalue weighted by atomic mass is 10.0. The first-order valence-corrected chi connectivity index (χ1v) is 29.2. The fourth-order valence-electron chi connectivity index (χ4n) is 8.01. The standard InChI is InChI=1S/C64H108O6/c1-4-7-10-13-16-19-21-23-24-25-26-27-28-29-30-31-32-33-34-35-36-37-38-39-40-42-43-45-48-51-54-57-63(66)69-60-61(59-68-62(65)56-53-50-47-18-15-12-9-6-3)70-64(67)58-55-52-49-46-44-41-22-20-17-14-11-8-5-2/h7-8,10-11,16-17,19-20,23-24,26-27,29-30,41,44,61H,4-6,9,12-15,18,21-22,25,28,31-40,42-43,45-60H2,1-3H3/b10-7-,11-8-,19-16-,20-17-,24-23-,27-26-,30-29-,44-41-. The van der Waals surface area contributed by atoms with Crippen molar-refractivity contribution in [3.63, 3.8) is 0 Å². The number of hydrogen-bond acceptors (Lipinski definition) is 6. The molecule has 0 aromatic carbocycles. The molecule has 1 unspecified atom stereocenters. The Morgan fingerprint density at radius 3 is 0.886 bits per heavy atom. The Morgan fingerprint density at radius 2 is 0.557 bits per heavy atom. The van der Waals surface area contributed by atoms with Crippen LogP contribution >= 0.6 is 0 Å². The minimum atomic E-state index is -0.788. The third-order valence-corrected chi connectivity index (χ3v) is 12.3. The molecule has 0 amide bonds. The first-order chi connectivity index (χ1) is 34.5. The molecule has 0 N–H and O–H groups in total. The zero-order valence-electron chi connectivity index (χ0n) is 45.8. The number of carbonyl (C=O) groups is 3. The Labute approximate surface area is 432 Å². The Balaban J connectivity index is 4.09. The molecule has 0 rings (SSSR count). The molecule has 0 saturated carbocycles. The Bertz CT molecular complexity index is 1400. The van der Waals surface area contributed by atoms with Crippen LogP contribution in [0.2, 0.25) is 0 Å². The molecule has 0 aromatic heterocycles. The lowest BCUT2D eigenvalue weighted by Crippen LogP contribution is -2.30. The van der Waals surface area contributed by atoms with Crippen molar-refractivity contribution in [3.8, 4) is 0 Å². The third-order valence-electron chi connectivity index (χ3n) is 12.3. The maximum Gasteiger partial charge on any atom is 0.306 e. The molecule has 0 saturated heterocycles. The maximum absolute atomic E-state index is 12.8. The number of hydrogen-bond donors (Lipinski definition) is 0. The average molecular weight is 974 g/mol. The van der Waals surface area contributed by atoms with Gasteiger partial charge in [0.1, 0.15) is 13.2 Å².